The Hall–Kier alpha value is -1.85. The zero-order valence-corrected chi connectivity index (χ0v) is 12.9. The van der Waals surface area contributed by atoms with E-state index < -0.39 is 16.1 Å². The Morgan fingerprint density at radius 2 is 1.62 bits per heavy atom. The summed E-state index contributed by atoms with van der Waals surface area (Å²) in [6.07, 6.45) is 0.623. The normalized spacial score (nSPS) is 12.9. The fourth-order valence-corrected chi connectivity index (χ4v) is 2.96. The molecule has 0 radical (unpaired) electrons. The number of anilines is 1. The molecule has 1 unspecified atom stereocenters. The number of aliphatic hydroxyl groups excluding tert-OH is 1. The number of benzene rings is 2. The van der Waals surface area contributed by atoms with Crippen LogP contribution in [0.25, 0.3) is 0 Å². The molecule has 0 bridgehead atoms. The maximum atomic E-state index is 12.0. The van der Waals surface area contributed by atoms with E-state index in [-0.39, 0.29) is 6.54 Å². The van der Waals surface area contributed by atoms with Crippen molar-refractivity contribution in [2.24, 2.45) is 0 Å². The summed E-state index contributed by atoms with van der Waals surface area (Å²) in [5.74, 6) is 0. The van der Waals surface area contributed by atoms with Gasteiger partial charge in [0.15, 0.2) is 0 Å². The second-order valence-electron chi connectivity index (χ2n) is 5.02. The number of rotatable bonds is 5. The van der Waals surface area contributed by atoms with E-state index in [0.29, 0.717) is 5.69 Å². The Morgan fingerprint density at radius 1 is 1.05 bits per heavy atom. The van der Waals surface area contributed by atoms with Crippen molar-refractivity contribution in [3.05, 3.63) is 65.7 Å². The first-order valence-corrected chi connectivity index (χ1v) is 8.52. The third-order valence-corrected chi connectivity index (χ3v) is 4.37. The van der Waals surface area contributed by atoms with Gasteiger partial charge in [-0.05, 0) is 30.2 Å². The van der Waals surface area contributed by atoms with E-state index in [9.17, 15) is 13.5 Å². The minimum Gasteiger partial charge on any atom is -0.389 e. The highest BCUT2D eigenvalue weighted by molar-refractivity contribution is 7.92. The lowest BCUT2D eigenvalue weighted by Crippen LogP contribution is -2.29. The molecule has 2 rings (SSSR count). The van der Waals surface area contributed by atoms with Crippen molar-refractivity contribution < 1.29 is 13.5 Å². The standard InChI is InChI=1S/C16H19NO3S/c1-13(18)15-8-10-16(11-9-15)17(21(2,19)20)12-14-6-4-3-5-7-14/h3-11,13,18H,12H2,1-2H3. The summed E-state index contributed by atoms with van der Waals surface area (Å²) in [7, 11) is -3.38. The van der Waals surface area contributed by atoms with Crippen LogP contribution in [-0.2, 0) is 16.6 Å². The van der Waals surface area contributed by atoms with Gasteiger partial charge in [-0.15, -0.1) is 0 Å². The van der Waals surface area contributed by atoms with Crippen LogP contribution in [0.4, 0.5) is 5.69 Å². The Labute approximate surface area is 125 Å². The predicted molar refractivity (Wildman–Crippen MR) is 84.5 cm³/mol. The van der Waals surface area contributed by atoms with Crippen LogP contribution in [0.2, 0.25) is 0 Å². The van der Waals surface area contributed by atoms with Crippen LogP contribution in [-0.4, -0.2) is 19.8 Å². The Balaban J connectivity index is 2.33. The summed E-state index contributed by atoms with van der Waals surface area (Å²) in [6, 6.07) is 16.3. The van der Waals surface area contributed by atoms with E-state index in [0.717, 1.165) is 11.1 Å². The quantitative estimate of drug-likeness (QED) is 0.924. The first-order chi connectivity index (χ1) is 9.88. The molecular weight excluding hydrogens is 286 g/mol. The molecule has 112 valence electrons. The van der Waals surface area contributed by atoms with Gasteiger partial charge < -0.3 is 5.11 Å². The van der Waals surface area contributed by atoms with Crippen molar-refractivity contribution in [3.8, 4) is 0 Å². The Morgan fingerprint density at radius 3 is 2.10 bits per heavy atom. The van der Waals surface area contributed by atoms with Crippen molar-refractivity contribution in [1.82, 2.24) is 0 Å². The first kappa shape index (κ1) is 15.5. The first-order valence-electron chi connectivity index (χ1n) is 6.67. The van der Waals surface area contributed by atoms with Crippen molar-refractivity contribution >= 4 is 15.7 Å². The van der Waals surface area contributed by atoms with Gasteiger partial charge in [0.1, 0.15) is 0 Å². The lowest BCUT2D eigenvalue weighted by molar-refractivity contribution is 0.199. The molecule has 1 N–H and O–H groups in total. The lowest BCUT2D eigenvalue weighted by atomic mass is 10.1. The van der Waals surface area contributed by atoms with Gasteiger partial charge in [-0.25, -0.2) is 8.42 Å². The zero-order chi connectivity index (χ0) is 15.5. The molecule has 0 amide bonds. The van der Waals surface area contributed by atoms with Crippen molar-refractivity contribution in [2.45, 2.75) is 19.6 Å². The van der Waals surface area contributed by atoms with Crippen LogP contribution in [0.15, 0.2) is 54.6 Å². The summed E-state index contributed by atoms with van der Waals surface area (Å²) in [5.41, 5.74) is 2.26. The van der Waals surface area contributed by atoms with Crippen molar-refractivity contribution in [1.29, 1.82) is 0 Å². The summed E-state index contributed by atoms with van der Waals surface area (Å²) < 4.78 is 25.4. The van der Waals surface area contributed by atoms with Gasteiger partial charge in [-0.3, -0.25) is 4.31 Å². The van der Waals surface area contributed by atoms with E-state index >= 15 is 0 Å². The Kier molecular flexibility index (Phi) is 4.65. The predicted octanol–water partition coefficient (Wildman–Crippen LogP) is 2.71. The lowest BCUT2D eigenvalue weighted by Gasteiger charge is -2.23. The van der Waals surface area contributed by atoms with E-state index in [1.54, 1.807) is 31.2 Å². The van der Waals surface area contributed by atoms with Crippen LogP contribution in [0.3, 0.4) is 0 Å². The second kappa shape index (κ2) is 6.28. The summed E-state index contributed by atoms with van der Waals surface area (Å²) in [6.45, 7) is 1.96. The van der Waals surface area contributed by atoms with E-state index in [1.165, 1.54) is 10.6 Å². The number of nitrogens with zero attached hydrogens (tertiary/aromatic N) is 1. The minimum absolute atomic E-state index is 0.285. The minimum atomic E-state index is -3.38. The van der Waals surface area contributed by atoms with Gasteiger partial charge in [-0.1, -0.05) is 42.5 Å². The molecule has 0 aromatic heterocycles. The van der Waals surface area contributed by atoms with Crippen LogP contribution in [0.5, 0.6) is 0 Å². The van der Waals surface area contributed by atoms with Crippen molar-refractivity contribution in [3.63, 3.8) is 0 Å². The third-order valence-electron chi connectivity index (χ3n) is 3.23. The summed E-state index contributed by atoms with van der Waals surface area (Å²) >= 11 is 0. The number of hydrogen-bond donors (Lipinski definition) is 1. The van der Waals surface area contributed by atoms with Gasteiger partial charge in [0.2, 0.25) is 10.0 Å². The average Bonchev–Trinajstić information content (AvgIpc) is 2.45. The maximum absolute atomic E-state index is 12.0. The van der Waals surface area contributed by atoms with E-state index in [4.69, 9.17) is 0 Å². The fraction of sp³-hybridized carbons (Fsp3) is 0.250. The molecule has 0 aliphatic carbocycles. The molecule has 5 heteroatoms. The molecule has 0 heterocycles. The summed E-state index contributed by atoms with van der Waals surface area (Å²) in [4.78, 5) is 0. The largest absolute Gasteiger partial charge is 0.389 e. The molecule has 0 aliphatic rings. The number of hydrogen-bond acceptors (Lipinski definition) is 3. The zero-order valence-electron chi connectivity index (χ0n) is 12.1. The highest BCUT2D eigenvalue weighted by Crippen LogP contribution is 2.23. The maximum Gasteiger partial charge on any atom is 0.232 e. The van der Waals surface area contributed by atoms with Gasteiger partial charge in [0.05, 0.1) is 24.6 Å². The number of aliphatic hydroxyl groups is 1. The monoisotopic (exact) mass is 305 g/mol. The molecular formula is C16H19NO3S. The molecule has 0 saturated carbocycles. The SMILES string of the molecule is CC(O)c1ccc(N(Cc2ccccc2)S(C)(=O)=O)cc1. The van der Waals surface area contributed by atoms with E-state index in [1.807, 2.05) is 30.3 Å². The van der Waals surface area contributed by atoms with Gasteiger partial charge in [-0.2, -0.15) is 0 Å². The van der Waals surface area contributed by atoms with Gasteiger partial charge in [0.25, 0.3) is 0 Å². The molecule has 4 nitrogen and oxygen atoms in total. The van der Waals surface area contributed by atoms with Crippen molar-refractivity contribution in [2.75, 3.05) is 10.6 Å². The highest BCUT2D eigenvalue weighted by Gasteiger charge is 2.18. The second-order valence-corrected chi connectivity index (χ2v) is 6.93. The van der Waals surface area contributed by atoms with Crippen LogP contribution in [0.1, 0.15) is 24.2 Å². The molecule has 21 heavy (non-hydrogen) atoms. The Bertz CT molecular complexity index is 679. The molecule has 2 aromatic rings. The number of sulfonamides is 1. The van der Waals surface area contributed by atoms with Crippen LogP contribution < -0.4 is 4.31 Å². The third kappa shape index (κ3) is 4.06. The average molecular weight is 305 g/mol. The van der Waals surface area contributed by atoms with E-state index in [2.05, 4.69) is 0 Å². The molecule has 0 spiro atoms. The van der Waals surface area contributed by atoms with Gasteiger partial charge in [0, 0.05) is 0 Å². The highest BCUT2D eigenvalue weighted by atomic mass is 32.2. The smallest absolute Gasteiger partial charge is 0.232 e. The molecule has 2 aromatic carbocycles. The van der Waals surface area contributed by atoms with Gasteiger partial charge >= 0.3 is 0 Å². The summed E-state index contributed by atoms with van der Waals surface area (Å²) in [5, 5.41) is 9.52. The van der Waals surface area contributed by atoms with Crippen LogP contribution in [0, 0.1) is 0 Å². The molecule has 0 saturated heterocycles. The topological polar surface area (TPSA) is 57.6 Å². The molecule has 0 aliphatic heterocycles. The molecule has 1 atom stereocenters. The van der Waals surface area contributed by atoms with Crippen LogP contribution >= 0.6 is 0 Å². The molecule has 0 fully saturated rings. The fourth-order valence-electron chi connectivity index (χ4n) is 2.07.